The maximum atomic E-state index is 13.3. The summed E-state index contributed by atoms with van der Waals surface area (Å²) in [5.41, 5.74) is 1.08. The lowest BCUT2D eigenvalue weighted by Gasteiger charge is -2.36. The van der Waals surface area contributed by atoms with Crippen molar-refractivity contribution >= 4 is 29.9 Å². The number of guanidine groups is 1. The normalized spacial score (nSPS) is 17.5. The number of halogens is 2. The minimum atomic E-state index is -0.211. The minimum Gasteiger partial charge on any atom is -0.379 e. The summed E-state index contributed by atoms with van der Waals surface area (Å²) >= 11 is 0. The van der Waals surface area contributed by atoms with E-state index in [2.05, 4.69) is 41.2 Å². The number of ether oxygens (including phenoxy) is 1. The van der Waals surface area contributed by atoms with Gasteiger partial charge in [-0.2, -0.15) is 0 Å². The number of rotatable bonds is 9. The van der Waals surface area contributed by atoms with Gasteiger partial charge in [0.1, 0.15) is 5.82 Å². The van der Waals surface area contributed by atoms with Crippen molar-refractivity contribution < 1.29 is 9.13 Å². The number of hydrogen-bond donors (Lipinski definition) is 2. The first-order valence-corrected chi connectivity index (χ1v) is 10.7. The fourth-order valence-corrected chi connectivity index (χ4v) is 3.66. The molecular formula is C22H39FIN5O. The Morgan fingerprint density at radius 3 is 2.33 bits per heavy atom. The van der Waals surface area contributed by atoms with E-state index < -0.39 is 0 Å². The first-order chi connectivity index (χ1) is 13.9. The molecule has 0 spiro atoms. The predicted octanol–water partition coefficient (Wildman–Crippen LogP) is 2.96. The topological polar surface area (TPSA) is 52.1 Å². The molecule has 0 aromatic heterocycles. The molecule has 8 heteroatoms. The van der Waals surface area contributed by atoms with Gasteiger partial charge in [-0.1, -0.05) is 26.0 Å². The van der Waals surface area contributed by atoms with E-state index >= 15 is 0 Å². The second-order valence-corrected chi connectivity index (χ2v) is 8.09. The third-order valence-electron chi connectivity index (χ3n) is 5.41. The van der Waals surface area contributed by atoms with Gasteiger partial charge in [-0.3, -0.25) is 9.89 Å². The van der Waals surface area contributed by atoms with Crippen LogP contribution in [0.3, 0.4) is 0 Å². The lowest BCUT2D eigenvalue weighted by Crippen LogP contribution is -2.48. The highest BCUT2D eigenvalue weighted by atomic mass is 127. The van der Waals surface area contributed by atoms with Gasteiger partial charge in [0, 0.05) is 32.2 Å². The lowest BCUT2D eigenvalue weighted by atomic mass is 10.0. The van der Waals surface area contributed by atoms with Crippen molar-refractivity contribution in [2.75, 3.05) is 60.0 Å². The highest BCUT2D eigenvalue weighted by molar-refractivity contribution is 14.0. The Morgan fingerprint density at radius 1 is 1.17 bits per heavy atom. The van der Waals surface area contributed by atoms with E-state index in [0.29, 0.717) is 18.5 Å². The number of likely N-dealkylation sites (N-methyl/N-ethyl adjacent to an activating group) is 1. The first kappa shape index (κ1) is 27.1. The fourth-order valence-electron chi connectivity index (χ4n) is 3.66. The Labute approximate surface area is 198 Å². The number of nitrogens with one attached hydrogen (secondary N) is 2. The molecule has 0 amide bonds. The zero-order chi connectivity index (χ0) is 21.2. The molecule has 172 valence electrons. The van der Waals surface area contributed by atoms with Crippen LogP contribution in [0.25, 0.3) is 0 Å². The van der Waals surface area contributed by atoms with Crippen molar-refractivity contribution in [1.82, 2.24) is 20.4 Å². The van der Waals surface area contributed by atoms with Crippen molar-refractivity contribution in [3.63, 3.8) is 0 Å². The van der Waals surface area contributed by atoms with Crippen LogP contribution in [0.1, 0.15) is 32.4 Å². The van der Waals surface area contributed by atoms with E-state index in [9.17, 15) is 4.39 Å². The Morgan fingerprint density at radius 2 is 1.80 bits per heavy atom. The molecule has 1 aliphatic rings. The molecule has 1 saturated heterocycles. The summed E-state index contributed by atoms with van der Waals surface area (Å²) in [7, 11) is 4.07. The Kier molecular flexibility index (Phi) is 12.8. The highest BCUT2D eigenvalue weighted by Gasteiger charge is 2.23. The largest absolute Gasteiger partial charge is 0.379 e. The van der Waals surface area contributed by atoms with Crippen LogP contribution in [0.2, 0.25) is 0 Å². The molecule has 0 radical (unpaired) electrons. The van der Waals surface area contributed by atoms with Crippen LogP contribution in [0.5, 0.6) is 0 Å². The Balaban J connectivity index is 0.00000450. The Bertz CT molecular complexity index is 620. The molecule has 2 unspecified atom stereocenters. The van der Waals surface area contributed by atoms with Crippen LogP contribution in [0.15, 0.2) is 29.3 Å². The molecule has 0 bridgehead atoms. The molecule has 2 rings (SSSR count). The van der Waals surface area contributed by atoms with Crippen LogP contribution in [-0.4, -0.2) is 81.8 Å². The van der Waals surface area contributed by atoms with Crippen molar-refractivity contribution in [3.05, 3.63) is 35.6 Å². The summed E-state index contributed by atoms with van der Waals surface area (Å²) in [4.78, 5) is 9.50. The van der Waals surface area contributed by atoms with E-state index in [0.717, 1.165) is 50.9 Å². The molecule has 0 saturated carbocycles. The van der Waals surface area contributed by atoms with Gasteiger partial charge in [-0.25, -0.2) is 4.39 Å². The van der Waals surface area contributed by atoms with Gasteiger partial charge in [0.15, 0.2) is 5.96 Å². The summed E-state index contributed by atoms with van der Waals surface area (Å²) in [6, 6.07) is 7.25. The average molecular weight is 535 g/mol. The van der Waals surface area contributed by atoms with Gasteiger partial charge in [-0.05, 0) is 44.6 Å². The molecule has 1 aromatic carbocycles. The smallest absolute Gasteiger partial charge is 0.191 e. The molecule has 1 fully saturated rings. The van der Waals surface area contributed by atoms with Gasteiger partial charge >= 0.3 is 0 Å². The van der Waals surface area contributed by atoms with Crippen molar-refractivity contribution in [2.45, 2.75) is 32.9 Å². The molecular weight excluding hydrogens is 496 g/mol. The van der Waals surface area contributed by atoms with Crippen molar-refractivity contribution in [3.8, 4) is 0 Å². The summed E-state index contributed by atoms with van der Waals surface area (Å²) < 4.78 is 18.8. The SMILES string of the molecule is CCNC(=NCC(C(C)C)N1CCOCC1)NCC(c1ccc(F)cc1)N(C)C.I. The monoisotopic (exact) mass is 535 g/mol. The molecule has 1 heterocycles. The average Bonchev–Trinajstić information content (AvgIpc) is 2.69. The van der Waals surface area contributed by atoms with Crippen molar-refractivity contribution in [1.29, 1.82) is 0 Å². The second kappa shape index (κ2) is 14.2. The maximum absolute atomic E-state index is 13.3. The Hall–Kier alpha value is -0.970. The van der Waals surface area contributed by atoms with E-state index in [1.54, 1.807) is 0 Å². The molecule has 1 aromatic rings. The first-order valence-electron chi connectivity index (χ1n) is 10.7. The van der Waals surface area contributed by atoms with Crippen LogP contribution in [0.4, 0.5) is 4.39 Å². The lowest BCUT2D eigenvalue weighted by molar-refractivity contribution is 0.00867. The van der Waals surface area contributed by atoms with E-state index in [1.807, 2.05) is 26.2 Å². The predicted molar refractivity (Wildman–Crippen MR) is 133 cm³/mol. The molecule has 2 N–H and O–H groups in total. The molecule has 6 nitrogen and oxygen atoms in total. The zero-order valence-electron chi connectivity index (χ0n) is 19.0. The summed E-state index contributed by atoms with van der Waals surface area (Å²) in [6.07, 6.45) is 0. The number of aliphatic imine (C=N–C) groups is 1. The van der Waals surface area contributed by atoms with Gasteiger partial charge in [0.25, 0.3) is 0 Å². The summed E-state index contributed by atoms with van der Waals surface area (Å²) in [6.45, 7) is 12.4. The standard InChI is InChI=1S/C22H38FN5O.HI/c1-6-24-22(25-15-20(17(2)3)28-11-13-29-14-12-28)26-16-21(27(4)5)18-7-9-19(23)10-8-18;/h7-10,17,20-21H,6,11-16H2,1-5H3,(H2,24,25,26);1H. The van der Waals surface area contributed by atoms with Crippen LogP contribution < -0.4 is 10.6 Å². The van der Waals surface area contributed by atoms with Crippen LogP contribution in [-0.2, 0) is 4.74 Å². The molecule has 30 heavy (non-hydrogen) atoms. The number of benzene rings is 1. The summed E-state index contributed by atoms with van der Waals surface area (Å²) in [5.74, 6) is 1.13. The minimum absolute atomic E-state index is 0. The van der Waals surface area contributed by atoms with Crippen molar-refractivity contribution in [2.24, 2.45) is 10.9 Å². The third kappa shape index (κ3) is 8.64. The summed E-state index contributed by atoms with van der Waals surface area (Å²) in [5, 5.41) is 6.82. The van der Waals surface area contributed by atoms with E-state index in [4.69, 9.17) is 9.73 Å². The third-order valence-corrected chi connectivity index (χ3v) is 5.41. The van der Waals surface area contributed by atoms with Gasteiger partial charge in [0.2, 0.25) is 0 Å². The maximum Gasteiger partial charge on any atom is 0.191 e. The molecule has 2 atom stereocenters. The van der Waals surface area contributed by atoms with Gasteiger partial charge in [0.05, 0.1) is 25.8 Å². The van der Waals surface area contributed by atoms with E-state index in [1.165, 1.54) is 12.1 Å². The van der Waals surface area contributed by atoms with Gasteiger partial charge in [-0.15, -0.1) is 24.0 Å². The van der Waals surface area contributed by atoms with E-state index in [-0.39, 0.29) is 35.8 Å². The van der Waals surface area contributed by atoms with Gasteiger partial charge < -0.3 is 20.3 Å². The number of nitrogens with zero attached hydrogens (tertiary/aromatic N) is 3. The second-order valence-electron chi connectivity index (χ2n) is 8.09. The molecule has 1 aliphatic heterocycles. The fraction of sp³-hybridized carbons (Fsp3) is 0.682. The quantitative estimate of drug-likeness (QED) is 0.290. The zero-order valence-corrected chi connectivity index (χ0v) is 21.4. The number of hydrogen-bond acceptors (Lipinski definition) is 4. The molecule has 0 aliphatic carbocycles. The number of morpholine rings is 1. The van der Waals surface area contributed by atoms with Crippen LogP contribution >= 0.6 is 24.0 Å². The van der Waals surface area contributed by atoms with Crippen LogP contribution in [0, 0.1) is 11.7 Å². The highest BCUT2D eigenvalue weighted by Crippen LogP contribution is 2.18.